The average molecular weight is 297 g/mol. The maximum absolute atomic E-state index is 12.5. The maximum atomic E-state index is 12.5. The number of carboxylic acids is 1. The summed E-state index contributed by atoms with van der Waals surface area (Å²) in [6.45, 7) is 0. The van der Waals surface area contributed by atoms with Crippen LogP contribution in [0.15, 0.2) is 22.7 Å². The lowest BCUT2D eigenvalue weighted by Crippen LogP contribution is -2.10. The van der Waals surface area contributed by atoms with E-state index in [2.05, 4.69) is 15.9 Å². The van der Waals surface area contributed by atoms with Crippen molar-refractivity contribution >= 4 is 21.9 Å². The molecule has 0 amide bonds. The predicted octanol–water partition coefficient (Wildman–Crippen LogP) is 3.49. The van der Waals surface area contributed by atoms with Gasteiger partial charge in [-0.3, -0.25) is 4.79 Å². The molecule has 0 radical (unpaired) electrons. The van der Waals surface area contributed by atoms with Crippen LogP contribution in [0.25, 0.3) is 0 Å². The molecular formula is C10H8BrF3O2. The lowest BCUT2D eigenvalue weighted by molar-refractivity contribution is -0.140. The number of carbonyl (C=O) groups is 1. The van der Waals surface area contributed by atoms with Gasteiger partial charge in [0.1, 0.15) is 0 Å². The lowest BCUT2D eigenvalue weighted by atomic mass is 10.0. The normalized spacial score (nSPS) is 11.5. The molecule has 0 saturated heterocycles. The van der Waals surface area contributed by atoms with Gasteiger partial charge in [-0.1, -0.05) is 15.9 Å². The number of halogens is 4. The number of hydrogen-bond acceptors (Lipinski definition) is 1. The SMILES string of the molecule is O=C(O)CCc1cc(Br)ccc1C(F)(F)F. The maximum Gasteiger partial charge on any atom is 0.416 e. The Morgan fingerprint density at radius 3 is 2.50 bits per heavy atom. The molecule has 0 saturated carbocycles. The molecule has 0 heterocycles. The zero-order valence-corrected chi connectivity index (χ0v) is 9.60. The van der Waals surface area contributed by atoms with Crippen LogP contribution in [0.2, 0.25) is 0 Å². The highest BCUT2D eigenvalue weighted by Crippen LogP contribution is 2.33. The topological polar surface area (TPSA) is 37.3 Å². The van der Waals surface area contributed by atoms with Gasteiger partial charge in [-0.2, -0.15) is 13.2 Å². The molecule has 1 N–H and O–H groups in total. The van der Waals surface area contributed by atoms with Crippen molar-refractivity contribution in [3.8, 4) is 0 Å². The number of alkyl halides is 3. The van der Waals surface area contributed by atoms with Gasteiger partial charge in [-0.15, -0.1) is 0 Å². The van der Waals surface area contributed by atoms with Crippen LogP contribution in [-0.2, 0) is 17.4 Å². The Morgan fingerprint density at radius 1 is 1.38 bits per heavy atom. The van der Waals surface area contributed by atoms with Gasteiger partial charge in [0.05, 0.1) is 5.56 Å². The molecule has 16 heavy (non-hydrogen) atoms. The molecule has 88 valence electrons. The van der Waals surface area contributed by atoms with Crippen LogP contribution in [0.3, 0.4) is 0 Å². The van der Waals surface area contributed by atoms with Gasteiger partial charge < -0.3 is 5.11 Å². The minimum absolute atomic E-state index is 0.00993. The Morgan fingerprint density at radius 2 is 2.00 bits per heavy atom. The van der Waals surface area contributed by atoms with Crippen molar-refractivity contribution in [2.45, 2.75) is 19.0 Å². The van der Waals surface area contributed by atoms with Crippen molar-refractivity contribution < 1.29 is 23.1 Å². The summed E-state index contributed by atoms with van der Waals surface area (Å²) >= 11 is 3.06. The summed E-state index contributed by atoms with van der Waals surface area (Å²) in [5.41, 5.74) is -0.791. The third kappa shape index (κ3) is 3.52. The predicted molar refractivity (Wildman–Crippen MR) is 55.1 cm³/mol. The molecule has 0 aliphatic carbocycles. The fourth-order valence-corrected chi connectivity index (χ4v) is 1.70. The second kappa shape index (κ2) is 4.86. The van der Waals surface area contributed by atoms with Crippen LogP contribution in [0, 0.1) is 0 Å². The van der Waals surface area contributed by atoms with Crippen LogP contribution in [0.5, 0.6) is 0 Å². The fourth-order valence-electron chi connectivity index (χ4n) is 1.29. The first kappa shape index (κ1) is 13.0. The van der Waals surface area contributed by atoms with Gasteiger partial charge in [0.25, 0.3) is 0 Å². The highest BCUT2D eigenvalue weighted by atomic mass is 79.9. The largest absolute Gasteiger partial charge is 0.481 e. The van der Waals surface area contributed by atoms with Crippen molar-refractivity contribution in [2.75, 3.05) is 0 Å². The number of aryl methyl sites for hydroxylation is 1. The Bertz CT molecular complexity index is 402. The monoisotopic (exact) mass is 296 g/mol. The van der Waals surface area contributed by atoms with E-state index in [0.717, 1.165) is 6.07 Å². The molecule has 1 rings (SSSR count). The van der Waals surface area contributed by atoms with Crippen LogP contribution in [0.1, 0.15) is 17.5 Å². The van der Waals surface area contributed by atoms with E-state index in [1.54, 1.807) is 0 Å². The van der Waals surface area contributed by atoms with E-state index in [9.17, 15) is 18.0 Å². The smallest absolute Gasteiger partial charge is 0.416 e. The first-order valence-corrected chi connectivity index (χ1v) is 5.17. The highest BCUT2D eigenvalue weighted by molar-refractivity contribution is 9.10. The summed E-state index contributed by atoms with van der Waals surface area (Å²) in [5, 5.41) is 8.44. The van der Waals surface area contributed by atoms with E-state index in [1.165, 1.54) is 12.1 Å². The van der Waals surface area contributed by atoms with E-state index in [4.69, 9.17) is 5.11 Å². The molecule has 0 fully saturated rings. The molecule has 0 aliphatic heterocycles. The van der Waals surface area contributed by atoms with Gasteiger partial charge in [0, 0.05) is 10.9 Å². The second-order valence-corrected chi connectivity index (χ2v) is 4.11. The van der Waals surface area contributed by atoms with Crippen molar-refractivity contribution in [2.24, 2.45) is 0 Å². The first-order chi connectivity index (χ1) is 7.30. The zero-order chi connectivity index (χ0) is 12.3. The van der Waals surface area contributed by atoms with Crippen molar-refractivity contribution in [1.82, 2.24) is 0 Å². The lowest BCUT2D eigenvalue weighted by Gasteiger charge is -2.12. The number of rotatable bonds is 3. The third-order valence-corrected chi connectivity index (χ3v) is 2.47. The minimum atomic E-state index is -4.45. The average Bonchev–Trinajstić information content (AvgIpc) is 2.12. The molecule has 2 nitrogen and oxygen atoms in total. The second-order valence-electron chi connectivity index (χ2n) is 3.19. The Hall–Kier alpha value is -1.04. The fraction of sp³-hybridized carbons (Fsp3) is 0.300. The number of benzene rings is 1. The molecule has 0 bridgehead atoms. The van der Waals surface area contributed by atoms with Gasteiger partial charge in [-0.05, 0) is 30.2 Å². The van der Waals surface area contributed by atoms with Gasteiger partial charge in [-0.25, -0.2) is 0 Å². The summed E-state index contributed by atoms with van der Waals surface area (Å²) < 4.78 is 38.1. The van der Waals surface area contributed by atoms with Crippen molar-refractivity contribution in [3.05, 3.63) is 33.8 Å². The summed E-state index contributed by atoms with van der Waals surface area (Å²) in [4.78, 5) is 10.3. The molecule has 6 heteroatoms. The molecule has 1 aromatic rings. The standard InChI is InChI=1S/C10H8BrF3O2/c11-7-2-3-8(10(12,13)14)6(5-7)1-4-9(15)16/h2-3,5H,1,4H2,(H,15,16). The van der Waals surface area contributed by atoms with Crippen LogP contribution < -0.4 is 0 Å². The molecule has 1 aromatic carbocycles. The summed E-state index contributed by atoms with van der Waals surface area (Å²) in [5.74, 6) is -1.12. The summed E-state index contributed by atoms with van der Waals surface area (Å²) in [6, 6.07) is 3.53. The Labute approximate surface area is 98.2 Å². The van der Waals surface area contributed by atoms with Crippen LogP contribution in [0.4, 0.5) is 13.2 Å². The Balaban J connectivity index is 3.04. The molecule has 0 atom stereocenters. The molecule has 0 aliphatic rings. The van der Waals surface area contributed by atoms with Crippen LogP contribution >= 0.6 is 15.9 Å². The molecule has 0 aromatic heterocycles. The molecular weight excluding hydrogens is 289 g/mol. The van der Waals surface area contributed by atoms with Crippen molar-refractivity contribution in [1.29, 1.82) is 0 Å². The van der Waals surface area contributed by atoms with Crippen molar-refractivity contribution in [3.63, 3.8) is 0 Å². The van der Waals surface area contributed by atoms with E-state index in [0.29, 0.717) is 4.47 Å². The number of hydrogen-bond donors (Lipinski definition) is 1. The quantitative estimate of drug-likeness (QED) is 0.927. The number of carboxylic acid groups (broad SMARTS) is 1. The molecule has 0 spiro atoms. The van der Waals surface area contributed by atoms with E-state index >= 15 is 0 Å². The Kier molecular flexibility index (Phi) is 3.96. The van der Waals surface area contributed by atoms with Gasteiger partial charge in [0.15, 0.2) is 0 Å². The van der Waals surface area contributed by atoms with E-state index < -0.39 is 17.7 Å². The third-order valence-electron chi connectivity index (χ3n) is 1.98. The summed E-state index contributed by atoms with van der Waals surface area (Å²) in [7, 11) is 0. The first-order valence-electron chi connectivity index (χ1n) is 4.38. The van der Waals surface area contributed by atoms with E-state index in [1.807, 2.05) is 0 Å². The van der Waals surface area contributed by atoms with Gasteiger partial charge >= 0.3 is 12.1 Å². The molecule has 0 unspecified atom stereocenters. The van der Waals surface area contributed by atoms with Crippen LogP contribution in [-0.4, -0.2) is 11.1 Å². The van der Waals surface area contributed by atoms with Gasteiger partial charge in [0.2, 0.25) is 0 Å². The zero-order valence-electron chi connectivity index (χ0n) is 8.01. The number of aliphatic carboxylic acids is 1. The highest BCUT2D eigenvalue weighted by Gasteiger charge is 2.33. The minimum Gasteiger partial charge on any atom is -0.481 e. The van der Waals surface area contributed by atoms with E-state index in [-0.39, 0.29) is 18.4 Å². The summed E-state index contributed by atoms with van der Waals surface area (Å²) in [6.07, 6.45) is -4.91.